The normalized spacial score (nSPS) is 22.5. The number of halogens is 2. The quantitative estimate of drug-likeness (QED) is 0.822. The zero-order valence-corrected chi connectivity index (χ0v) is 14.5. The molecule has 20 heavy (non-hydrogen) atoms. The van der Waals surface area contributed by atoms with Crippen LogP contribution >= 0.6 is 27.5 Å². The van der Waals surface area contributed by atoms with E-state index in [2.05, 4.69) is 29.8 Å². The molecule has 1 aromatic carbocycles. The Morgan fingerprint density at radius 2 is 1.90 bits per heavy atom. The number of hydrogen-bond acceptors (Lipinski definition) is 2. The molecule has 0 amide bonds. The Balaban J connectivity index is 2.25. The number of aliphatic hydroxyl groups is 1. The fourth-order valence-corrected chi connectivity index (χ4v) is 3.49. The third kappa shape index (κ3) is 3.22. The molecule has 1 fully saturated rings. The SMILES string of the molecule is CC1(C)CCC(CN)(C(O)c2ccc(Br)c(Cl)c2)CC1. The topological polar surface area (TPSA) is 46.2 Å². The van der Waals surface area contributed by atoms with Gasteiger partial charge >= 0.3 is 0 Å². The van der Waals surface area contributed by atoms with Crippen LogP contribution in [0.1, 0.15) is 51.2 Å². The number of rotatable bonds is 3. The van der Waals surface area contributed by atoms with Crippen LogP contribution in [0.2, 0.25) is 5.02 Å². The molecule has 1 saturated carbocycles. The summed E-state index contributed by atoms with van der Waals surface area (Å²) < 4.78 is 0.849. The summed E-state index contributed by atoms with van der Waals surface area (Å²) in [6.45, 7) is 5.09. The van der Waals surface area contributed by atoms with Crippen LogP contribution in [0, 0.1) is 10.8 Å². The van der Waals surface area contributed by atoms with Gasteiger partial charge in [0, 0.05) is 16.4 Å². The maximum atomic E-state index is 10.8. The molecular formula is C16H23BrClNO. The molecule has 2 rings (SSSR count). The van der Waals surface area contributed by atoms with Gasteiger partial charge in [-0.15, -0.1) is 0 Å². The van der Waals surface area contributed by atoms with Crippen molar-refractivity contribution in [3.05, 3.63) is 33.3 Å². The van der Waals surface area contributed by atoms with Crippen molar-refractivity contribution in [2.24, 2.45) is 16.6 Å². The predicted octanol–water partition coefficient (Wildman–Crippen LogP) is 4.68. The zero-order chi connectivity index (χ0) is 15.0. The van der Waals surface area contributed by atoms with E-state index >= 15 is 0 Å². The molecule has 0 aliphatic heterocycles. The first-order valence-electron chi connectivity index (χ1n) is 7.13. The van der Waals surface area contributed by atoms with Gasteiger partial charge in [-0.1, -0.05) is 31.5 Å². The minimum atomic E-state index is -0.547. The summed E-state index contributed by atoms with van der Waals surface area (Å²) in [6.07, 6.45) is 3.59. The maximum Gasteiger partial charge on any atom is 0.0858 e. The van der Waals surface area contributed by atoms with Gasteiger partial charge in [0.1, 0.15) is 0 Å². The summed E-state index contributed by atoms with van der Waals surface area (Å²) in [6, 6.07) is 5.66. The first-order chi connectivity index (χ1) is 9.30. The zero-order valence-electron chi connectivity index (χ0n) is 12.1. The van der Waals surface area contributed by atoms with Crippen LogP contribution in [0.4, 0.5) is 0 Å². The summed E-state index contributed by atoms with van der Waals surface area (Å²) in [5.74, 6) is 0. The van der Waals surface area contributed by atoms with E-state index in [0.29, 0.717) is 17.0 Å². The minimum Gasteiger partial charge on any atom is -0.388 e. The highest BCUT2D eigenvalue weighted by molar-refractivity contribution is 9.10. The summed E-state index contributed by atoms with van der Waals surface area (Å²) in [7, 11) is 0. The molecule has 0 aromatic heterocycles. The maximum absolute atomic E-state index is 10.8. The van der Waals surface area contributed by atoms with Crippen molar-refractivity contribution in [1.82, 2.24) is 0 Å². The van der Waals surface area contributed by atoms with Crippen LogP contribution in [0.3, 0.4) is 0 Å². The van der Waals surface area contributed by atoms with E-state index in [0.717, 1.165) is 35.7 Å². The van der Waals surface area contributed by atoms with E-state index < -0.39 is 6.10 Å². The van der Waals surface area contributed by atoms with Crippen LogP contribution in [0.5, 0.6) is 0 Å². The molecule has 0 radical (unpaired) electrons. The Morgan fingerprint density at radius 1 is 1.30 bits per heavy atom. The van der Waals surface area contributed by atoms with E-state index in [-0.39, 0.29) is 5.41 Å². The van der Waals surface area contributed by atoms with Crippen LogP contribution in [-0.4, -0.2) is 11.7 Å². The average molecular weight is 361 g/mol. The molecule has 1 aliphatic rings. The van der Waals surface area contributed by atoms with E-state index in [1.54, 1.807) is 0 Å². The van der Waals surface area contributed by atoms with Gasteiger partial charge in [-0.2, -0.15) is 0 Å². The van der Waals surface area contributed by atoms with Gasteiger partial charge in [-0.05, 0) is 64.7 Å². The Labute approximate surface area is 134 Å². The van der Waals surface area contributed by atoms with Crippen molar-refractivity contribution in [2.75, 3.05) is 6.54 Å². The Hall–Kier alpha value is -0.0900. The van der Waals surface area contributed by atoms with Crippen molar-refractivity contribution in [2.45, 2.75) is 45.6 Å². The number of aliphatic hydroxyl groups excluding tert-OH is 1. The molecule has 3 N–H and O–H groups in total. The Bertz CT molecular complexity index is 479. The van der Waals surface area contributed by atoms with E-state index in [1.165, 1.54) is 0 Å². The third-order valence-corrected chi connectivity index (χ3v) is 6.08. The van der Waals surface area contributed by atoms with Gasteiger partial charge < -0.3 is 10.8 Å². The summed E-state index contributed by atoms with van der Waals surface area (Å²) in [5, 5.41) is 11.5. The van der Waals surface area contributed by atoms with Gasteiger partial charge in [0.25, 0.3) is 0 Å². The lowest BCUT2D eigenvalue weighted by atomic mass is 9.62. The predicted molar refractivity (Wildman–Crippen MR) is 87.8 cm³/mol. The standard InChI is InChI=1S/C16H23BrClNO/c1-15(2)5-7-16(10-19,8-6-15)14(20)11-3-4-12(17)13(18)9-11/h3-4,9,14,20H,5-8,10,19H2,1-2H3. The number of hydrogen-bond donors (Lipinski definition) is 2. The van der Waals surface area contributed by atoms with Gasteiger partial charge in [0.05, 0.1) is 11.1 Å². The molecule has 1 aliphatic carbocycles. The molecule has 2 nitrogen and oxygen atoms in total. The highest BCUT2D eigenvalue weighted by Crippen LogP contribution is 2.51. The smallest absolute Gasteiger partial charge is 0.0858 e. The molecule has 0 saturated heterocycles. The fraction of sp³-hybridized carbons (Fsp3) is 0.625. The number of nitrogens with two attached hydrogens (primary N) is 1. The average Bonchev–Trinajstić information content (AvgIpc) is 2.42. The largest absolute Gasteiger partial charge is 0.388 e. The van der Waals surface area contributed by atoms with Crippen molar-refractivity contribution in [3.8, 4) is 0 Å². The van der Waals surface area contributed by atoms with Crippen LogP contribution in [0.15, 0.2) is 22.7 Å². The van der Waals surface area contributed by atoms with Gasteiger partial charge in [0.15, 0.2) is 0 Å². The van der Waals surface area contributed by atoms with Crippen molar-refractivity contribution in [1.29, 1.82) is 0 Å². The van der Waals surface area contributed by atoms with Crippen molar-refractivity contribution < 1.29 is 5.11 Å². The second-order valence-electron chi connectivity index (χ2n) is 6.81. The highest BCUT2D eigenvalue weighted by Gasteiger charge is 2.43. The first kappa shape index (κ1) is 16.3. The lowest BCUT2D eigenvalue weighted by molar-refractivity contribution is -0.0235. The molecule has 1 unspecified atom stereocenters. The lowest BCUT2D eigenvalue weighted by Gasteiger charge is -2.45. The van der Waals surface area contributed by atoms with Crippen LogP contribution in [0.25, 0.3) is 0 Å². The summed E-state index contributed by atoms with van der Waals surface area (Å²) in [5.41, 5.74) is 7.04. The van der Waals surface area contributed by atoms with E-state index in [9.17, 15) is 5.11 Å². The van der Waals surface area contributed by atoms with E-state index in [4.69, 9.17) is 17.3 Å². The monoisotopic (exact) mass is 359 g/mol. The second kappa shape index (κ2) is 5.96. The first-order valence-corrected chi connectivity index (χ1v) is 8.30. The minimum absolute atomic E-state index is 0.216. The number of benzene rings is 1. The second-order valence-corrected chi connectivity index (χ2v) is 8.07. The molecule has 0 heterocycles. The Morgan fingerprint density at radius 3 is 2.40 bits per heavy atom. The van der Waals surface area contributed by atoms with Crippen molar-refractivity contribution in [3.63, 3.8) is 0 Å². The van der Waals surface area contributed by atoms with Gasteiger partial charge in [0.2, 0.25) is 0 Å². The lowest BCUT2D eigenvalue weighted by Crippen LogP contribution is -2.41. The van der Waals surface area contributed by atoms with Gasteiger partial charge in [-0.25, -0.2) is 0 Å². The van der Waals surface area contributed by atoms with Crippen LogP contribution < -0.4 is 5.73 Å². The fourth-order valence-electron chi connectivity index (χ4n) is 3.05. The molecule has 112 valence electrons. The third-order valence-electron chi connectivity index (χ3n) is 4.85. The molecule has 0 bridgehead atoms. The molecule has 0 spiro atoms. The van der Waals surface area contributed by atoms with Crippen molar-refractivity contribution >= 4 is 27.5 Å². The molecular weight excluding hydrogens is 338 g/mol. The summed E-state index contributed by atoms with van der Waals surface area (Å²) >= 11 is 9.52. The highest BCUT2D eigenvalue weighted by atomic mass is 79.9. The molecule has 1 aromatic rings. The van der Waals surface area contributed by atoms with E-state index in [1.807, 2.05) is 18.2 Å². The van der Waals surface area contributed by atoms with Crippen LogP contribution in [-0.2, 0) is 0 Å². The molecule has 4 heteroatoms. The Kier molecular flexibility index (Phi) is 4.85. The summed E-state index contributed by atoms with van der Waals surface area (Å²) in [4.78, 5) is 0. The molecule has 1 atom stereocenters. The van der Waals surface area contributed by atoms with Gasteiger partial charge in [-0.3, -0.25) is 0 Å².